The van der Waals surface area contributed by atoms with Crippen molar-refractivity contribution in [3.63, 3.8) is 0 Å². The average Bonchev–Trinajstić information content (AvgIpc) is 2.68. The van der Waals surface area contributed by atoms with E-state index in [0.717, 1.165) is 64.2 Å². The predicted molar refractivity (Wildman–Crippen MR) is 101 cm³/mol. The van der Waals surface area contributed by atoms with Crippen molar-refractivity contribution in [3.05, 3.63) is 35.4 Å². The Morgan fingerprint density at radius 3 is 2.31 bits per heavy atom. The number of benzene rings is 1. The molecule has 1 N–H and O–H groups in total. The molecule has 0 aliphatic carbocycles. The van der Waals surface area contributed by atoms with Gasteiger partial charge in [0.05, 0.1) is 12.1 Å². The van der Waals surface area contributed by atoms with Gasteiger partial charge >= 0.3 is 5.97 Å². The van der Waals surface area contributed by atoms with Crippen molar-refractivity contribution >= 4 is 11.9 Å². The Morgan fingerprint density at radius 1 is 1.04 bits per heavy atom. The lowest BCUT2D eigenvalue weighted by Crippen LogP contribution is -2.51. The molecule has 0 unspecified atom stereocenters. The minimum atomic E-state index is -0.903. The lowest BCUT2D eigenvalue weighted by atomic mass is 9.90. The zero-order valence-corrected chi connectivity index (χ0v) is 15.6. The molecule has 2 aliphatic heterocycles. The Hall–Kier alpha value is -1.92. The Kier molecular flexibility index (Phi) is 6.27. The summed E-state index contributed by atoms with van der Waals surface area (Å²) in [5.74, 6) is -0.380. The van der Waals surface area contributed by atoms with E-state index in [0.29, 0.717) is 18.0 Å². The lowest BCUT2D eigenvalue weighted by molar-refractivity contribution is -0.134. The number of nitrogens with zero attached hydrogens (tertiary/aromatic N) is 3. The summed E-state index contributed by atoms with van der Waals surface area (Å²) in [6.45, 7) is 9.36. The van der Waals surface area contributed by atoms with Crippen molar-refractivity contribution in [2.24, 2.45) is 0 Å². The summed E-state index contributed by atoms with van der Waals surface area (Å²) in [5.41, 5.74) is 1.44. The molecule has 26 heavy (non-hydrogen) atoms. The first kappa shape index (κ1) is 18.9. The van der Waals surface area contributed by atoms with E-state index in [4.69, 9.17) is 5.11 Å². The quantitative estimate of drug-likeness (QED) is 0.867. The van der Waals surface area contributed by atoms with Crippen LogP contribution in [0.4, 0.5) is 0 Å². The maximum Gasteiger partial charge on any atom is 0.335 e. The molecule has 6 heteroatoms. The third-order valence-corrected chi connectivity index (χ3v) is 5.67. The molecule has 2 aliphatic rings. The highest BCUT2D eigenvalue weighted by Crippen LogP contribution is 2.27. The summed E-state index contributed by atoms with van der Waals surface area (Å²) >= 11 is 0. The summed E-state index contributed by atoms with van der Waals surface area (Å²) in [4.78, 5) is 30.4. The number of hydrogen-bond acceptors (Lipinski definition) is 4. The lowest BCUT2D eigenvalue weighted by Gasteiger charge is -2.37. The Morgan fingerprint density at radius 2 is 1.69 bits per heavy atom. The van der Waals surface area contributed by atoms with Gasteiger partial charge in [-0.25, -0.2) is 4.79 Å². The van der Waals surface area contributed by atoms with Crippen LogP contribution in [0.1, 0.15) is 41.6 Å². The number of amides is 1. The molecule has 0 saturated carbocycles. The number of carboxylic acids is 1. The standard InChI is InChI=1S/C20H29N3O3/c1-2-21-10-12-22(13-11-21)15-19(24)23-9-3-4-18(14-23)16-5-7-17(8-6-16)20(25)26/h5-8,18H,2-4,9-15H2,1H3,(H,25,26)/t18-/m0/s1. The van der Waals surface area contributed by atoms with Gasteiger partial charge in [0.25, 0.3) is 0 Å². The molecule has 3 rings (SSSR count). The number of rotatable bonds is 5. The first-order chi connectivity index (χ1) is 12.6. The van der Waals surface area contributed by atoms with E-state index in [-0.39, 0.29) is 5.91 Å². The van der Waals surface area contributed by atoms with E-state index >= 15 is 0 Å². The molecule has 0 bridgehead atoms. The SMILES string of the molecule is CCN1CCN(CC(=O)N2CCC[C@H](c3ccc(C(=O)O)cc3)C2)CC1. The van der Waals surface area contributed by atoms with Crippen molar-refractivity contribution in [2.75, 3.05) is 52.4 Å². The smallest absolute Gasteiger partial charge is 0.335 e. The van der Waals surface area contributed by atoms with Crippen LogP contribution in [0.5, 0.6) is 0 Å². The number of carbonyl (C=O) groups is 2. The molecule has 1 aromatic rings. The highest BCUT2D eigenvalue weighted by Gasteiger charge is 2.27. The van der Waals surface area contributed by atoms with Crippen LogP contribution in [0.25, 0.3) is 0 Å². The van der Waals surface area contributed by atoms with E-state index in [1.54, 1.807) is 12.1 Å². The minimum Gasteiger partial charge on any atom is -0.478 e. The van der Waals surface area contributed by atoms with E-state index in [1.165, 1.54) is 0 Å². The fraction of sp³-hybridized carbons (Fsp3) is 0.600. The number of piperidine rings is 1. The largest absolute Gasteiger partial charge is 0.478 e. The van der Waals surface area contributed by atoms with E-state index in [1.807, 2.05) is 17.0 Å². The summed E-state index contributed by atoms with van der Waals surface area (Å²) in [6, 6.07) is 7.11. The van der Waals surface area contributed by atoms with Crippen LogP contribution < -0.4 is 0 Å². The monoisotopic (exact) mass is 359 g/mol. The van der Waals surface area contributed by atoms with Crippen LogP contribution in [0.2, 0.25) is 0 Å². The number of aromatic carboxylic acids is 1. The number of likely N-dealkylation sites (N-methyl/N-ethyl adjacent to an activating group) is 1. The van der Waals surface area contributed by atoms with Gasteiger partial charge in [0.1, 0.15) is 0 Å². The van der Waals surface area contributed by atoms with Crippen LogP contribution in [-0.4, -0.2) is 84.0 Å². The van der Waals surface area contributed by atoms with Gasteiger partial charge in [0, 0.05) is 45.2 Å². The second-order valence-corrected chi connectivity index (χ2v) is 7.32. The van der Waals surface area contributed by atoms with Crippen molar-refractivity contribution < 1.29 is 14.7 Å². The van der Waals surface area contributed by atoms with E-state index < -0.39 is 5.97 Å². The Bertz CT molecular complexity index is 624. The van der Waals surface area contributed by atoms with E-state index in [9.17, 15) is 9.59 Å². The van der Waals surface area contributed by atoms with E-state index in [2.05, 4.69) is 16.7 Å². The van der Waals surface area contributed by atoms with Crippen molar-refractivity contribution in [1.29, 1.82) is 0 Å². The molecular formula is C20H29N3O3. The molecule has 2 fully saturated rings. The zero-order valence-electron chi connectivity index (χ0n) is 15.6. The van der Waals surface area contributed by atoms with Gasteiger partial charge in [-0.1, -0.05) is 19.1 Å². The molecule has 1 amide bonds. The highest BCUT2D eigenvalue weighted by molar-refractivity contribution is 5.87. The van der Waals surface area contributed by atoms with Gasteiger partial charge < -0.3 is 14.9 Å². The van der Waals surface area contributed by atoms with Crippen molar-refractivity contribution in [2.45, 2.75) is 25.7 Å². The fourth-order valence-corrected chi connectivity index (χ4v) is 3.93. The average molecular weight is 359 g/mol. The molecule has 0 radical (unpaired) electrons. The maximum atomic E-state index is 12.7. The van der Waals surface area contributed by atoms with Gasteiger partial charge in [-0.15, -0.1) is 0 Å². The number of carboxylic acid groups (broad SMARTS) is 1. The molecule has 142 valence electrons. The minimum absolute atomic E-state index is 0.224. The Labute approximate surface area is 155 Å². The highest BCUT2D eigenvalue weighted by atomic mass is 16.4. The second-order valence-electron chi connectivity index (χ2n) is 7.32. The first-order valence-electron chi connectivity index (χ1n) is 9.62. The molecule has 6 nitrogen and oxygen atoms in total. The molecule has 0 aromatic heterocycles. The van der Waals surface area contributed by atoms with Gasteiger partial charge in [-0.05, 0) is 37.1 Å². The number of likely N-dealkylation sites (tertiary alicyclic amines) is 1. The molecule has 2 saturated heterocycles. The second kappa shape index (κ2) is 8.64. The summed E-state index contributed by atoms with van der Waals surface area (Å²) in [5, 5.41) is 9.03. The van der Waals surface area contributed by atoms with Crippen LogP contribution >= 0.6 is 0 Å². The van der Waals surface area contributed by atoms with Gasteiger partial charge in [-0.3, -0.25) is 9.69 Å². The number of hydrogen-bond donors (Lipinski definition) is 1. The van der Waals surface area contributed by atoms with Crippen LogP contribution in [-0.2, 0) is 4.79 Å². The number of carbonyl (C=O) groups excluding carboxylic acids is 1. The third kappa shape index (κ3) is 4.62. The van der Waals surface area contributed by atoms with Gasteiger partial charge in [0.2, 0.25) is 5.91 Å². The fourth-order valence-electron chi connectivity index (χ4n) is 3.93. The normalized spacial score (nSPS) is 22.3. The van der Waals surface area contributed by atoms with Gasteiger partial charge in [-0.2, -0.15) is 0 Å². The Balaban J connectivity index is 1.54. The molecule has 1 aromatic carbocycles. The van der Waals surface area contributed by atoms with Crippen LogP contribution in [0.3, 0.4) is 0 Å². The maximum absolute atomic E-state index is 12.7. The van der Waals surface area contributed by atoms with Crippen LogP contribution in [0.15, 0.2) is 24.3 Å². The summed E-state index contributed by atoms with van der Waals surface area (Å²) in [6.07, 6.45) is 2.05. The third-order valence-electron chi connectivity index (χ3n) is 5.67. The summed E-state index contributed by atoms with van der Waals surface area (Å²) in [7, 11) is 0. The predicted octanol–water partition coefficient (Wildman–Crippen LogP) is 1.73. The molecule has 2 heterocycles. The summed E-state index contributed by atoms with van der Waals surface area (Å²) < 4.78 is 0. The van der Waals surface area contributed by atoms with Gasteiger partial charge in [0.15, 0.2) is 0 Å². The number of piperazine rings is 1. The zero-order chi connectivity index (χ0) is 18.5. The molecular weight excluding hydrogens is 330 g/mol. The molecule has 1 atom stereocenters. The topological polar surface area (TPSA) is 64.1 Å². The van der Waals surface area contributed by atoms with Crippen LogP contribution in [0, 0.1) is 0 Å². The molecule has 0 spiro atoms. The first-order valence-corrected chi connectivity index (χ1v) is 9.62. The van der Waals surface area contributed by atoms with Crippen molar-refractivity contribution in [1.82, 2.24) is 14.7 Å². The van der Waals surface area contributed by atoms with Crippen molar-refractivity contribution in [3.8, 4) is 0 Å².